The zero-order valence-electron chi connectivity index (χ0n) is 24.7. The maximum atomic E-state index is 6.73. The van der Waals surface area contributed by atoms with Gasteiger partial charge in [-0.25, -0.2) is 0 Å². The van der Waals surface area contributed by atoms with Gasteiger partial charge in [-0.05, 0) is 78.1 Å². The van der Waals surface area contributed by atoms with Gasteiger partial charge in [0.1, 0.15) is 22.3 Å². The van der Waals surface area contributed by atoms with E-state index in [-0.39, 0.29) is 0 Å². The molecule has 0 saturated carbocycles. The predicted octanol–water partition coefficient (Wildman–Crippen LogP) is 13.0. The van der Waals surface area contributed by atoms with Crippen LogP contribution in [0.15, 0.2) is 154 Å². The first-order chi connectivity index (χ1) is 22.8. The molecule has 0 saturated heterocycles. The zero-order chi connectivity index (χ0) is 29.9. The first-order valence-electron chi connectivity index (χ1n) is 15.8. The van der Waals surface area contributed by atoms with Crippen LogP contribution >= 0.6 is 0 Å². The fourth-order valence-corrected chi connectivity index (χ4v) is 7.97. The van der Waals surface area contributed by atoms with Crippen LogP contribution in [0, 0.1) is 0 Å². The number of furan rings is 2. The van der Waals surface area contributed by atoms with Crippen molar-refractivity contribution in [2.45, 2.75) is 0 Å². The van der Waals surface area contributed by atoms with E-state index in [1.807, 2.05) is 0 Å². The topological polar surface area (TPSA) is 26.3 Å². The average molecular weight is 585 g/mol. The van der Waals surface area contributed by atoms with Gasteiger partial charge in [-0.2, -0.15) is 0 Å². The normalized spacial score (nSPS) is 12.3. The predicted molar refractivity (Wildman–Crippen MR) is 195 cm³/mol. The maximum absolute atomic E-state index is 6.73. The number of hydrogen-bond acceptors (Lipinski definition) is 2. The molecule has 0 aliphatic rings. The Morgan fingerprint density at radius 3 is 1.07 bits per heavy atom. The van der Waals surface area contributed by atoms with Crippen LogP contribution < -0.4 is 0 Å². The first kappa shape index (κ1) is 24.2. The van der Waals surface area contributed by atoms with Crippen LogP contribution in [0.2, 0.25) is 0 Å². The molecule has 2 nitrogen and oxygen atoms in total. The molecule has 2 heterocycles. The van der Waals surface area contributed by atoms with Crippen LogP contribution in [0.1, 0.15) is 0 Å². The highest BCUT2D eigenvalue weighted by atomic mass is 16.3. The number of hydrogen-bond donors (Lipinski definition) is 0. The Bertz CT molecular complexity index is 2930. The third-order valence-corrected chi connectivity index (χ3v) is 10.0. The van der Waals surface area contributed by atoms with Crippen LogP contribution in [-0.2, 0) is 0 Å². The Labute approximate surface area is 262 Å². The molecule has 0 atom stereocenters. The summed E-state index contributed by atoms with van der Waals surface area (Å²) < 4.78 is 13.5. The van der Waals surface area contributed by atoms with E-state index in [2.05, 4.69) is 146 Å². The van der Waals surface area contributed by atoms with E-state index in [9.17, 15) is 0 Å². The second-order valence-corrected chi connectivity index (χ2v) is 12.4. The van der Waals surface area contributed by atoms with Crippen LogP contribution in [0.25, 0.3) is 109 Å². The molecular formula is C44H24O2. The number of fused-ring (bicyclic) bond motifs is 6. The Hall–Kier alpha value is -6.12. The number of rotatable bonds is 0. The molecule has 2 aromatic heterocycles. The smallest absolute Gasteiger partial charge is 0.143 e. The Balaban J connectivity index is 1.50. The van der Waals surface area contributed by atoms with E-state index in [4.69, 9.17) is 8.83 Å². The molecule has 0 spiro atoms. The average Bonchev–Trinajstić information content (AvgIpc) is 3.68. The summed E-state index contributed by atoms with van der Waals surface area (Å²) >= 11 is 0. The van der Waals surface area contributed by atoms with Crippen molar-refractivity contribution in [3.8, 4) is 0 Å². The van der Waals surface area contributed by atoms with E-state index in [1.165, 1.54) is 43.1 Å². The van der Waals surface area contributed by atoms with E-state index >= 15 is 0 Å². The summed E-state index contributed by atoms with van der Waals surface area (Å²) in [4.78, 5) is 0. The van der Waals surface area contributed by atoms with Gasteiger partial charge in [0.2, 0.25) is 0 Å². The zero-order valence-corrected chi connectivity index (χ0v) is 24.7. The molecule has 0 radical (unpaired) electrons. The standard InChI is InChI=1S/C44H24O2/c1-7-25-8-2-12-30-28-20-22-40-38(24-28)36-18-6-16-34(44(36)46-40)32-14-4-10-26-9-3-13-31(42(26)32)33-15-5-17-35-37-23-27(29(11-1)41(25)30)19-21-39(37)45-43(33)35/h1-24H. The van der Waals surface area contributed by atoms with Gasteiger partial charge in [0.15, 0.2) is 0 Å². The fraction of sp³-hybridized carbons (Fsp3) is 0. The van der Waals surface area contributed by atoms with Gasteiger partial charge in [-0.3, -0.25) is 0 Å². The minimum absolute atomic E-state index is 0.892. The molecule has 212 valence electrons. The second-order valence-electron chi connectivity index (χ2n) is 12.4. The van der Waals surface area contributed by atoms with Gasteiger partial charge < -0.3 is 8.83 Å². The monoisotopic (exact) mass is 584 g/mol. The van der Waals surface area contributed by atoms with Gasteiger partial charge in [0.25, 0.3) is 0 Å². The van der Waals surface area contributed by atoms with Gasteiger partial charge in [0, 0.05) is 32.3 Å². The largest absolute Gasteiger partial charge is 0.455 e. The highest BCUT2D eigenvalue weighted by Gasteiger charge is 2.15. The highest BCUT2D eigenvalue weighted by molar-refractivity contribution is 6.28. The third kappa shape index (κ3) is 3.15. The van der Waals surface area contributed by atoms with Gasteiger partial charge in [-0.1, -0.05) is 121 Å². The van der Waals surface area contributed by atoms with E-state index in [0.29, 0.717) is 0 Å². The number of benzene rings is 8. The molecule has 11 rings (SSSR count). The molecule has 46 heavy (non-hydrogen) atoms. The molecule has 0 N–H and O–H groups in total. The summed E-state index contributed by atoms with van der Waals surface area (Å²) in [5.41, 5.74) is 3.60. The molecule has 9 aromatic carbocycles. The van der Waals surface area contributed by atoms with Crippen LogP contribution in [0.5, 0.6) is 0 Å². The number of para-hydroxylation sites is 2. The SMILES string of the molecule is c1cc2c3cc4ccc3oc2c(c1)c1cccc2cccc(c3cccc5c6cc(ccc6oc53)c3cccc5cccc4c53)c21. The highest BCUT2D eigenvalue weighted by Crippen LogP contribution is 2.41. The molecule has 0 amide bonds. The van der Waals surface area contributed by atoms with Crippen molar-refractivity contribution in [3.63, 3.8) is 0 Å². The third-order valence-electron chi connectivity index (χ3n) is 10.0. The molecule has 10 bridgehead atoms. The lowest BCUT2D eigenvalue weighted by Crippen LogP contribution is -1.80. The van der Waals surface area contributed by atoms with Crippen LogP contribution in [0.4, 0.5) is 0 Å². The van der Waals surface area contributed by atoms with E-state index in [0.717, 1.165) is 65.4 Å². The van der Waals surface area contributed by atoms with Gasteiger partial charge in [0.05, 0.1) is 0 Å². The van der Waals surface area contributed by atoms with Crippen LogP contribution in [0.3, 0.4) is 0 Å². The quantitative estimate of drug-likeness (QED) is 0.177. The van der Waals surface area contributed by atoms with Crippen molar-refractivity contribution in [1.29, 1.82) is 0 Å². The summed E-state index contributed by atoms with van der Waals surface area (Å²) in [6.45, 7) is 0. The fourth-order valence-electron chi connectivity index (χ4n) is 7.97. The summed E-state index contributed by atoms with van der Waals surface area (Å²) in [5, 5.41) is 18.5. The van der Waals surface area contributed by atoms with Crippen molar-refractivity contribution in [1.82, 2.24) is 0 Å². The lowest BCUT2D eigenvalue weighted by Gasteiger charge is -2.06. The van der Waals surface area contributed by atoms with Crippen molar-refractivity contribution in [2.75, 3.05) is 0 Å². The van der Waals surface area contributed by atoms with E-state index < -0.39 is 0 Å². The first-order valence-corrected chi connectivity index (χ1v) is 15.8. The van der Waals surface area contributed by atoms with Crippen LogP contribution in [-0.4, -0.2) is 0 Å². The second kappa shape index (κ2) is 8.74. The van der Waals surface area contributed by atoms with Crippen molar-refractivity contribution in [2.24, 2.45) is 0 Å². The Morgan fingerprint density at radius 1 is 0.261 bits per heavy atom. The van der Waals surface area contributed by atoms with Gasteiger partial charge in [-0.15, -0.1) is 0 Å². The molecule has 2 heteroatoms. The summed E-state index contributed by atoms with van der Waals surface area (Å²) in [6.07, 6.45) is 0. The summed E-state index contributed by atoms with van der Waals surface area (Å²) in [5.74, 6) is 0. The molecular weight excluding hydrogens is 560 g/mol. The Morgan fingerprint density at radius 2 is 0.609 bits per heavy atom. The molecule has 0 aliphatic heterocycles. The summed E-state index contributed by atoms with van der Waals surface area (Å²) in [6, 6.07) is 52.7. The Kier molecular flexibility index (Phi) is 4.61. The molecule has 11 aromatic rings. The molecule has 0 fully saturated rings. The minimum atomic E-state index is 0.892. The minimum Gasteiger partial charge on any atom is -0.455 e. The molecule has 0 unspecified atom stereocenters. The lowest BCUT2D eigenvalue weighted by atomic mass is 9.96. The van der Waals surface area contributed by atoms with E-state index in [1.54, 1.807) is 0 Å². The summed E-state index contributed by atoms with van der Waals surface area (Å²) in [7, 11) is 0. The van der Waals surface area contributed by atoms with Crippen molar-refractivity contribution < 1.29 is 8.83 Å². The van der Waals surface area contributed by atoms with Gasteiger partial charge >= 0.3 is 0 Å². The van der Waals surface area contributed by atoms with Crippen molar-refractivity contribution in [3.05, 3.63) is 146 Å². The lowest BCUT2D eigenvalue weighted by molar-refractivity contribution is 0.672. The molecule has 0 aliphatic carbocycles. The maximum Gasteiger partial charge on any atom is 0.143 e. The van der Waals surface area contributed by atoms with Crippen molar-refractivity contribution >= 4 is 109 Å².